The second-order valence-electron chi connectivity index (χ2n) is 7.74. The average molecular weight is 426 g/mol. The summed E-state index contributed by atoms with van der Waals surface area (Å²) < 4.78 is 10.6. The Bertz CT molecular complexity index is 898. The van der Waals surface area contributed by atoms with Gasteiger partial charge in [0.25, 0.3) is 0 Å². The number of benzene rings is 2. The molecular weight excluding hydrogens is 394 g/mol. The van der Waals surface area contributed by atoms with Crippen molar-refractivity contribution in [1.82, 2.24) is 15.5 Å². The molecule has 0 bridgehead atoms. The molecule has 2 aromatic rings. The van der Waals surface area contributed by atoms with Crippen LogP contribution in [0.25, 0.3) is 0 Å². The fraction of sp³-hybridized carbons (Fsp3) is 0.417. The molecule has 0 saturated carbocycles. The van der Waals surface area contributed by atoms with Gasteiger partial charge in [0.05, 0.1) is 26.7 Å². The monoisotopic (exact) mass is 425 g/mol. The zero-order valence-corrected chi connectivity index (χ0v) is 18.4. The largest absolute Gasteiger partial charge is 0.497 e. The summed E-state index contributed by atoms with van der Waals surface area (Å²) in [5, 5.41) is 5.82. The van der Waals surface area contributed by atoms with Crippen LogP contribution in [0, 0.1) is 6.92 Å². The van der Waals surface area contributed by atoms with Gasteiger partial charge in [0.2, 0.25) is 11.8 Å². The van der Waals surface area contributed by atoms with Crippen molar-refractivity contribution in [3.8, 4) is 11.5 Å². The number of aryl methyl sites for hydroxylation is 1. The molecule has 0 unspecified atom stereocenters. The molecule has 0 aliphatic carbocycles. The maximum Gasteiger partial charge on any atom is 0.237 e. The quantitative estimate of drug-likeness (QED) is 0.643. The zero-order valence-electron chi connectivity index (χ0n) is 18.4. The lowest BCUT2D eigenvalue weighted by Gasteiger charge is -2.34. The molecule has 0 radical (unpaired) electrons. The van der Waals surface area contributed by atoms with E-state index in [-0.39, 0.29) is 18.2 Å². The van der Waals surface area contributed by atoms with Gasteiger partial charge in [0.15, 0.2) is 0 Å². The highest BCUT2D eigenvalue weighted by Gasteiger charge is 2.31. The number of amides is 2. The van der Waals surface area contributed by atoms with Gasteiger partial charge in [0, 0.05) is 32.2 Å². The number of hydrogen-bond donors (Lipinski definition) is 2. The third-order valence-electron chi connectivity index (χ3n) is 5.54. The maximum absolute atomic E-state index is 12.6. The predicted octanol–water partition coefficient (Wildman–Crippen LogP) is 2.06. The molecule has 0 spiro atoms. The molecule has 7 heteroatoms. The number of carbonyl (C=O) groups excluding carboxylic acids is 2. The molecule has 2 amide bonds. The molecular formula is C24H31N3O4. The van der Waals surface area contributed by atoms with E-state index in [9.17, 15) is 9.59 Å². The first-order chi connectivity index (χ1) is 15.0. The number of rotatable bonds is 9. The van der Waals surface area contributed by atoms with Gasteiger partial charge < -0.3 is 20.1 Å². The minimum absolute atomic E-state index is 0.0923. The van der Waals surface area contributed by atoms with Crippen LogP contribution in [-0.2, 0) is 22.6 Å². The Hall–Kier alpha value is -3.06. The van der Waals surface area contributed by atoms with E-state index in [1.807, 2.05) is 25.1 Å². The molecule has 1 saturated heterocycles. The molecule has 1 aliphatic rings. The maximum atomic E-state index is 12.6. The molecule has 2 aromatic carbocycles. The van der Waals surface area contributed by atoms with Crippen LogP contribution < -0.4 is 20.1 Å². The van der Waals surface area contributed by atoms with Gasteiger partial charge in [-0.15, -0.1) is 0 Å². The summed E-state index contributed by atoms with van der Waals surface area (Å²) >= 11 is 0. The van der Waals surface area contributed by atoms with E-state index in [1.165, 1.54) is 5.56 Å². The first kappa shape index (κ1) is 22.6. The lowest BCUT2D eigenvalue weighted by molar-refractivity contribution is -0.134. The van der Waals surface area contributed by atoms with Crippen molar-refractivity contribution in [2.45, 2.75) is 32.4 Å². The molecule has 0 aromatic heterocycles. The zero-order chi connectivity index (χ0) is 22.2. The Morgan fingerprint density at radius 2 is 1.94 bits per heavy atom. The first-order valence-corrected chi connectivity index (χ1v) is 10.5. The Morgan fingerprint density at radius 1 is 1.16 bits per heavy atom. The fourth-order valence-electron chi connectivity index (χ4n) is 3.74. The highest BCUT2D eigenvalue weighted by atomic mass is 16.5. The van der Waals surface area contributed by atoms with Crippen molar-refractivity contribution in [1.29, 1.82) is 0 Å². The molecule has 3 rings (SSSR count). The number of ether oxygens (including phenoxy) is 2. The minimum atomic E-state index is -0.467. The minimum Gasteiger partial charge on any atom is -0.497 e. The highest BCUT2D eigenvalue weighted by molar-refractivity contribution is 5.88. The highest BCUT2D eigenvalue weighted by Crippen LogP contribution is 2.24. The Labute approximate surface area is 183 Å². The fourth-order valence-corrected chi connectivity index (χ4v) is 3.74. The molecule has 1 aliphatic heterocycles. The second-order valence-corrected chi connectivity index (χ2v) is 7.74. The van der Waals surface area contributed by atoms with Gasteiger partial charge in [-0.25, -0.2) is 0 Å². The summed E-state index contributed by atoms with van der Waals surface area (Å²) in [5.41, 5.74) is 3.32. The van der Waals surface area contributed by atoms with E-state index in [2.05, 4.69) is 39.8 Å². The van der Waals surface area contributed by atoms with Crippen molar-refractivity contribution < 1.29 is 19.1 Å². The first-order valence-electron chi connectivity index (χ1n) is 10.5. The van der Waals surface area contributed by atoms with Gasteiger partial charge in [-0.1, -0.05) is 35.9 Å². The Balaban J connectivity index is 1.55. The third kappa shape index (κ3) is 6.21. The number of hydrogen-bond acceptors (Lipinski definition) is 5. The Kier molecular flexibility index (Phi) is 7.89. The van der Waals surface area contributed by atoms with Gasteiger partial charge in [0.1, 0.15) is 11.5 Å². The topological polar surface area (TPSA) is 79.9 Å². The van der Waals surface area contributed by atoms with Gasteiger partial charge in [-0.05, 0) is 30.5 Å². The summed E-state index contributed by atoms with van der Waals surface area (Å²) in [6.45, 7) is 4.48. The molecule has 7 nitrogen and oxygen atoms in total. The van der Waals surface area contributed by atoms with E-state index in [0.29, 0.717) is 26.1 Å². The molecule has 1 fully saturated rings. The second kappa shape index (κ2) is 10.8. The van der Waals surface area contributed by atoms with E-state index in [1.54, 1.807) is 14.2 Å². The van der Waals surface area contributed by atoms with Crippen LogP contribution in [0.1, 0.15) is 23.1 Å². The lowest BCUT2D eigenvalue weighted by atomic mass is 10.1. The van der Waals surface area contributed by atoms with Gasteiger partial charge in [-0.3, -0.25) is 14.5 Å². The van der Waals surface area contributed by atoms with Crippen molar-refractivity contribution >= 4 is 11.8 Å². The van der Waals surface area contributed by atoms with Crippen molar-refractivity contribution in [2.75, 3.05) is 33.9 Å². The van der Waals surface area contributed by atoms with Gasteiger partial charge >= 0.3 is 0 Å². The number of carbonyl (C=O) groups is 2. The molecule has 1 heterocycles. The summed E-state index contributed by atoms with van der Waals surface area (Å²) in [6.07, 6.45) is 0.764. The van der Waals surface area contributed by atoms with E-state index in [4.69, 9.17) is 9.47 Å². The third-order valence-corrected chi connectivity index (χ3v) is 5.54. The summed E-state index contributed by atoms with van der Waals surface area (Å²) in [6, 6.07) is 13.4. The van der Waals surface area contributed by atoms with Crippen molar-refractivity contribution in [3.63, 3.8) is 0 Å². The predicted molar refractivity (Wildman–Crippen MR) is 119 cm³/mol. The number of piperazine rings is 1. The molecule has 1 atom stereocenters. The van der Waals surface area contributed by atoms with Crippen LogP contribution in [0.3, 0.4) is 0 Å². The molecule has 31 heavy (non-hydrogen) atoms. The van der Waals surface area contributed by atoms with Crippen molar-refractivity contribution in [2.24, 2.45) is 0 Å². The van der Waals surface area contributed by atoms with Gasteiger partial charge in [-0.2, -0.15) is 0 Å². The van der Waals surface area contributed by atoms with Crippen LogP contribution in [0.4, 0.5) is 0 Å². The van der Waals surface area contributed by atoms with E-state index in [0.717, 1.165) is 29.2 Å². The van der Waals surface area contributed by atoms with Crippen LogP contribution in [-0.4, -0.2) is 56.6 Å². The summed E-state index contributed by atoms with van der Waals surface area (Å²) in [4.78, 5) is 27.1. The number of methoxy groups -OCH3 is 2. The normalized spacial score (nSPS) is 16.5. The van der Waals surface area contributed by atoms with Crippen LogP contribution in [0.5, 0.6) is 11.5 Å². The summed E-state index contributed by atoms with van der Waals surface area (Å²) in [5.74, 6) is 1.22. The number of nitrogens with zero attached hydrogens (tertiary/aromatic N) is 1. The molecule has 2 N–H and O–H groups in total. The van der Waals surface area contributed by atoms with E-state index >= 15 is 0 Å². The van der Waals surface area contributed by atoms with Crippen LogP contribution >= 0.6 is 0 Å². The SMILES string of the molecule is COc1ccc(CCNC(=O)C[C@@H]2C(=O)NCCN2Cc2ccc(C)cc2)c(OC)c1. The van der Waals surface area contributed by atoms with Crippen LogP contribution in [0.15, 0.2) is 42.5 Å². The smallest absolute Gasteiger partial charge is 0.237 e. The standard InChI is InChI=1S/C24H31N3O4/c1-17-4-6-18(7-5-17)16-27-13-12-26-24(29)21(27)15-23(28)25-11-10-19-8-9-20(30-2)14-22(19)31-3/h4-9,14,21H,10-13,15-16H2,1-3H3,(H,25,28)(H,26,29)/t21-/m1/s1. The average Bonchev–Trinajstić information content (AvgIpc) is 2.77. The Morgan fingerprint density at radius 3 is 2.65 bits per heavy atom. The van der Waals surface area contributed by atoms with Crippen molar-refractivity contribution in [3.05, 3.63) is 59.2 Å². The number of nitrogens with one attached hydrogen (secondary N) is 2. The van der Waals surface area contributed by atoms with E-state index < -0.39 is 6.04 Å². The molecule has 166 valence electrons. The summed E-state index contributed by atoms with van der Waals surface area (Å²) in [7, 11) is 3.22. The lowest BCUT2D eigenvalue weighted by Crippen LogP contribution is -2.56. The van der Waals surface area contributed by atoms with Crippen LogP contribution in [0.2, 0.25) is 0 Å².